The predicted octanol–water partition coefficient (Wildman–Crippen LogP) is 0.999. The Bertz CT molecular complexity index is 568. The molecule has 22 heavy (non-hydrogen) atoms. The van der Waals surface area contributed by atoms with Crippen molar-refractivity contribution in [2.75, 3.05) is 12.3 Å². The number of fused-ring (bicyclic) bond motifs is 2. The minimum Gasteiger partial charge on any atom is -0.387 e. The highest BCUT2D eigenvalue weighted by Gasteiger charge is 2.65. The average Bonchev–Trinajstić information content (AvgIpc) is 2.70. The van der Waals surface area contributed by atoms with Gasteiger partial charge < -0.3 is 10.4 Å². The fourth-order valence-corrected chi connectivity index (χ4v) is 5.32. The summed E-state index contributed by atoms with van der Waals surface area (Å²) in [5.74, 6) is -0.101. The lowest BCUT2D eigenvalue weighted by Gasteiger charge is -2.41. The van der Waals surface area contributed by atoms with Crippen LogP contribution in [0.4, 0.5) is 0 Å². The van der Waals surface area contributed by atoms with Crippen LogP contribution in [0.3, 0.4) is 0 Å². The van der Waals surface area contributed by atoms with Crippen LogP contribution in [0, 0.1) is 16.7 Å². The Balaban J connectivity index is 0.000000211. The molecule has 3 N–H and O–H groups in total. The highest BCUT2D eigenvalue weighted by molar-refractivity contribution is 7.85. The van der Waals surface area contributed by atoms with Gasteiger partial charge in [0.05, 0.1) is 16.8 Å². The summed E-state index contributed by atoms with van der Waals surface area (Å²) in [5.41, 5.74) is -1.55. The third-order valence-electron chi connectivity index (χ3n) is 6.27. The van der Waals surface area contributed by atoms with Crippen molar-refractivity contribution in [3.63, 3.8) is 0 Å². The molecule has 2 bridgehead atoms. The van der Waals surface area contributed by atoms with Gasteiger partial charge >= 0.3 is 0 Å². The molecule has 3 fully saturated rings. The number of ketones is 1. The number of hydrogen-bond acceptors (Lipinski definition) is 5. The molecule has 2 aliphatic carbocycles. The van der Waals surface area contributed by atoms with Crippen molar-refractivity contribution in [1.29, 1.82) is 0 Å². The van der Waals surface area contributed by atoms with Crippen LogP contribution in [0.15, 0.2) is 0 Å². The summed E-state index contributed by atoms with van der Waals surface area (Å²) in [7, 11) is -4.08. The Hall–Kier alpha value is -0.500. The third kappa shape index (κ3) is 2.84. The van der Waals surface area contributed by atoms with Gasteiger partial charge in [-0.2, -0.15) is 8.42 Å². The second kappa shape index (κ2) is 5.26. The molecule has 0 unspecified atom stereocenters. The van der Waals surface area contributed by atoms with Crippen LogP contribution >= 0.6 is 0 Å². The monoisotopic (exact) mass is 333 g/mol. The van der Waals surface area contributed by atoms with Gasteiger partial charge in [-0.25, -0.2) is 0 Å². The van der Waals surface area contributed by atoms with Gasteiger partial charge in [-0.15, -0.1) is 0 Å². The van der Waals surface area contributed by atoms with E-state index in [1.165, 1.54) is 0 Å². The Morgan fingerprint density at radius 3 is 2.09 bits per heavy atom. The second-order valence-corrected chi connectivity index (χ2v) is 9.31. The number of carbonyl (C=O) groups excluding carboxylic acids is 1. The van der Waals surface area contributed by atoms with Gasteiger partial charge in [-0.3, -0.25) is 9.35 Å². The number of aliphatic hydroxyl groups is 1. The van der Waals surface area contributed by atoms with E-state index in [0.717, 1.165) is 13.0 Å². The first kappa shape index (κ1) is 17.8. The predicted molar refractivity (Wildman–Crippen MR) is 83.1 cm³/mol. The van der Waals surface area contributed by atoms with Crippen LogP contribution in [0.2, 0.25) is 0 Å². The summed E-state index contributed by atoms with van der Waals surface area (Å²) in [6, 6.07) is 0.285. The van der Waals surface area contributed by atoms with Crippen molar-refractivity contribution in [3.05, 3.63) is 0 Å². The Kier molecular flexibility index (Phi) is 4.27. The second-order valence-electron chi connectivity index (χ2n) is 7.85. The number of hydrogen-bond donors (Lipinski definition) is 3. The van der Waals surface area contributed by atoms with Gasteiger partial charge in [-0.05, 0) is 38.0 Å². The molecule has 0 aromatic heterocycles. The molecule has 0 radical (unpaired) electrons. The molecule has 0 aromatic rings. The SMILES string of the molecule is CC1(C)[C@H]2CC[C@]1(CS(=O)(=O)O)C(=O)C2.C[C@@H]1NC[C@@]1(C)O. The van der Waals surface area contributed by atoms with Crippen LogP contribution in [0.5, 0.6) is 0 Å². The Labute approximate surface area is 132 Å². The van der Waals surface area contributed by atoms with E-state index in [0.29, 0.717) is 12.8 Å². The van der Waals surface area contributed by atoms with Crippen LogP contribution in [-0.4, -0.2) is 47.8 Å². The van der Waals surface area contributed by atoms with Gasteiger partial charge in [0.25, 0.3) is 10.1 Å². The minimum atomic E-state index is -4.08. The minimum absolute atomic E-state index is 0.0152. The lowest BCUT2D eigenvalue weighted by atomic mass is 9.70. The topological polar surface area (TPSA) is 104 Å². The molecule has 0 spiro atoms. The summed E-state index contributed by atoms with van der Waals surface area (Å²) in [4.78, 5) is 11.9. The molecule has 4 atom stereocenters. The van der Waals surface area contributed by atoms with Gasteiger partial charge in [0.15, 0.2) is 0 Å². The van der Waals surface area contributed by atoms with Crippen molar-refractivity contribution in [3.8, 4) is 0 Å². The summed E-state index contributed by atoms with van der Waals surface area (Å²) < 4.78 is 31.0. The number of nitrogens with one attached hydrogen (secondary N) is 1. The van der Waals surface area contributed by atoms with Gasteiger partial charge in [-0.1, -0.05) is 13.8 Å². The maximum absolute atomic E-state index is 11.9. The van der Waals surface area contributed by atoms with Crippen molar-refractivity contribution >= 4 is 15.9 Å². The molecule has 7 heteroatoms. The molecule has 1 aliphatic heterocycles. The molecule has 3 rings (SSSR count). The number of rotatable bonds is 2. The molecule has 128 valence electrons. The van der Waals surface area contributed by atoms with Gasteiger partial charge in [0.2, 0.25) is 0 Å². The van der Waals surface area contributed by atoms with Crippen LogP contribution in [-0.2, 0) is 14.9 Å². The average molecular weight is 333 g/mol. The summed E-state index contributed by atoms with van der Waals surface area (Å²) in [6.45, 7) is 8.45. The number of β-amino-alcohol motifs (C(OH)–C–C–N with tert-alkyl or cyclic N) is 1. The molecule has 3 aliphatic rings. The van der Waals surface area contributed by atoms with Crippen molar-refractivity contribution in [2.45, 2.75) is 58.6 Å². The largest absolute Gasteiger partial charge is 0.387 e. The standard InChI is InChI=1S/C10H16O4S.C5H11NO/c1-9(2)7-3-4-10(9,8(11)5-7)6-15(12,13)14;1-4-5(2,7)3-6-4/h7H,3-6H2,1-2H3,(H,12,13,14);4,6-7H,3H2,1-2H3/t7-,10-;4-,5+/m00/s1. The van der Waals surface area contributed by atoms with Crippen LogP contribution < -0.4 is 5.32 Å². The van der Waals surface area contributed by atoms with E-state index in [9.17, 15) is 13.2 Å². The van der Waals surface area contributed by atoms with E-state index >= 15 is 0 Å². The van der Waals surface area contributed by atoms with E-state index in [-0.39, 0.29) is 23.2 Å². The summed E-state index contributed by atoms with van der Waals surface area (Å²) in [5, 5.41) is 12.2. The third-order valence-corrected chi connectivity index (χ3v) is 7.12. The maximum atomic E-state index is 11.9. The van der Waals surface area contributed by atoms with Crippen molar-refractivity contribution in [1.82, 2.24) is 5.32 Å². The molecule has 1 heterocycles. The fourth-order valence-electron chi connectivity index (χ4n) is 4.02. The van der Waals surface area contributed by atoms with Crippen molar-refractivity contribution < 1.29 is 22.9 Å². The number of carbonyl (C=O) groups is 1. The quantitative estimate of drug-likeness (QED) is 0.651. The Morgan fingerprint density at radius 2 is 1.86 bits per heavy atom. The van der Waals surface area contributed by atoms with E-state index < -0.39 is 26.9 Å². The van der Waals surface area contributed by atoms with Crippen molar-refractivity contribution in [2.24, 2.45) is 16.7 Å². The lowest BCUT2D eigenvalue weighted by Crippen LogP contribution is -2.64. The van der Waals surface area contributed by atoms with E-state index in [4.69, 9.17) is 9.66 Å². The van der Waals surface area contributed by atoms with E-state index in [1.54, 1.807) is 0 Å². The van der Waals surface area contributed by atoms with E-state index in [2.05, 4.69) is 5.32 Å². The van der Waals surface area contributed by atoms with Crippen LogP contribution in [0.1, 0.15) is 47.0 Å². The van der Waals surface area contributed by atoms with Crippen LogP contribution in [0.25, 0.3) is 0 Å². The maximum Gasteiger partial charge on any atom is 0.265 e. The molecular weight excluding hydrogens is 306 g/mol. The summed E-state index contributed by atoms with van der Waals surface area (Å²) in [6.07, 6.45) is 1.97. The first-order valence-corrected chi connectivity index (χ1v) is 9.37. The first-order chi connectivity index (χ1) is 9.82. The highest BCUT2D eigenvalue weighted by atomic mass is 32.2. The molecular formula is C15H27NO5S. The Morgan fingerprint density at radius 1 is 1.32 bits per heavy atom. The smallest absolute Gasteiger partial charge is 0.265 e. The first-order valence-electron chi connectivity index (χ1n) is 7.76. The summed E-state index contributed by atoms with van der Waals surface area (Å²) >= 11 is 0. The van der Waals surface area contributed by atoms with Gasteiger partial charge in [0, 0.05) is 19.0 Å². The zero-order valence-corrected chi connectivity index (χ0v) is 14.5. The molecule has 1 saturated heterocycles. The lowest BCUT2D eigenvalue weighted by molar-refractivity contribution is -0.128. The molecule has 2 saturated carbocycles. The molecule has 0 amide bonds. The van der Waals surface area contributed by atoms with Gasteiger partial charge in [0.1, 0.15) is 5.78 Å². The number of Topliss-reactive ketones (excluding diaryl/α,β-unsaturated/α-hetero) is 1. The highest BCUT2D eigenvalue weighted by Crippen LogP contribution is 2.64. The normalized spacial score (nSPS) is 42.5. The molecule has 0 aromatic carbocycles. The zero-order chi connectivity index (χ0) is 17.0. The zero-order valence-electron chi connectivity index (χ0n) is 13.7. The van der Waals surface area contributed by atoms with E-state index in [1.807, 2.05) is 27.7 Å². The molecule has 6 nitrogen and oxygen atoms in total. The fraction of sp³-hybridized carbons (Fsp3) is 0.933.